The van der Waals surface area contributed by atoms with Gasteiger partial charge < -0.3 is 15.6 Å². The van der Waals surface area contributed by atoms with Gasteiger partial charge >= 0.3 is 5.70 Å². The van der Waals surface area contributed by atoms with Gasteiger partial charge in [0.05, 0.1) is 10.1 Å². The van der Waals surface area contributed by atoms with Crippen molar-refractivity contribution in [3.63, 3.8) is 0 Å². The molecule has 3 aromatic rings. The minimum atomic E-state index is -0.781. The van der Waals surface area contributed by atoms with Crippen LogP contribution in [-0.2, 0) is 0 Å². The Hall–Kier alpha value is -3.98. The summed E-state index contributed by atoms with van der Waals surface area (Å²) in [5.74, 6) is 0. The van der Waals surface area contributed by atoms with Crippen molar-refractivity contribution in [2.24, 2.45) is 0 Å². The van der Waals surface area contributed by atoms with Crippen LogP contribution in [0.25, 0.3) is 32.9 Å². The Morgan fingerprint density at radius 1 is 0.846 bits per heavy atom. The van der Waals surface area contributed by atoms with Crippen LogP contribution >= 0.6 is 0 Å². The summed E-state index contributed by atoms with van der Waals surface area (Å²) >= 11 is 0. The van der Waals surface area contributed by atoms with Gasteiger partial charge in [-0.25, -0.2) is 0 Å². The molecule has 8 nitrogen and oxygen atoms in total. The van der Waals surface area contributed by atoms with Gasteiger partial charge in [-0.05, 0) is 21.5 Å². The van der Waals surface area contributed by atoms with E-state index in [2.05, 4.69) is 0 Å². The highest BCUT2D eigenvalue weighted by Crippen LogP contribution is 2.17. The highest BCUT2D eigenvalue weighted by atomic mass is 16.8. The zero-order valence-electron chi connectivity index (χ0n) is 13.0. The number of rotatable bonds is 2. The lowest BCUT2D eigenvalue weighted by molar-refractivity contribution is -0.374. The molecule has 126 valence electrons. The molecule has 0 unspecified atom stereocenters. The second kappa shape index (κ2) is 6.49. The number of hydrogen-bond acceptors (Lipinski definition) is 7. The van der Waals surface area contributed by atoms with E-state index >= 15 is 0 Å². The number of fused-ring (bicyclic) bond motifs is 2. The molecular formula is C18H8N4O4-2. The molecule has 0 saturated carbocycles. The first-order valence-corrected chi connectivity index (χ1v) is 7.28. The van der Waals surface area contributed by atoms with E-state index in [1.807, 2.05) is 0 Å². The Bertz CT molecular complexity index is 1200. The van der Waals surface area contributed by atoms with Gasteiger partial charge in [-0.15, -0.1) is 0 Å². The Balaban J connectivity index is 2.90. The van der Waals surface area contributed by atoms with Crippen LogP contribution in [0.4, 0.5) is 0 Å². The molecule has 0 aliphatic rings. The van der Waals surface area contributed by atoms with Crippen LogP contribution in [0.15, 0.2) is 48.5 Å². The van der Waals surface area contributed by atoms with Crippen molar-refractivity contribution in [3.05, 3.63) is 79.5 Å². The van der Waals surface area contributed by atoms with Crippen molar-refractivity contribution in [2.45, 2.75) is 0 Å². The van der Waals surface area contributed by atoms with Crippen molar-refractivity contribution in [1.29, 1.82) is 10.5 Å². The number of hydroxylamine groups is 2. The molecule has 0 bridgehead atoms. The van der Waals surface area contributed by atoms with Crippen molar-refractivity contribution in [3.8, 4) is 12.1 Å². The molecule has 0 aliphatic heterocycles. The molecule has 8 heteroatoms. The van der Waals surface area contributed by atoms with E-state index < -0.39 is 21.5 Å². The van der Waals surface area contributed by atoms with Gasteiger partial charge in [0.2, 0.25) is 0 Å². The third-order valence-electron chi connectivity index (χ3n) is 3.98. The third-order valence-corrected chi connectivity index (χ3v) is 3.98. The molecule has 0 atom stereocenters. The SMILES string of the molecule is N#CC(=c1c2ccccc2c(=C(C#N)[N+](=O)[O-])c2ccccc12)N([O-])[O-]. The molecule has 0 spiro atoms. The number of benzene rings is 3. The van der Waals surface area contributed by atoms with Gasteiger partial charge in [0, 0.05) is 5.22 Å². The average molecular weight is 344 g/mol. The zero-order chi connectivity index (χ0) is 18.8. The van der Waals surface area contributed by atoms with E-state index in [1.54, 1.807) is 36.4 Å². The second-order valence-corrected chi connectivity index (χ2v) is 5.28. The van der Waals surface area contributed by atoms with Crippen molar-refractivity contribution >= 4 is 32.9 Å². The van der Waals surface area contributed by atoms with Crippen LogP contribution in [0.1, 0.15) is 0 Å². The number of nitrogens with zero attached hydrogens (tertiary/aromatic N) is 4. The number of nitriles is 2. The summed E-state index contributed by atoms with van der Waals surface area (Å²) in [6.07, 6.45) is 0. The average Bonchev–Trinajstić information content (AvgIpc) is 2.63. The van der Waals surface area contributed by atoms with E-state index in [0.717, 1.165) is 0 Å². The highest BCUT2D eigenvalue weighted by molar-refractivity contribution is 6.03. The summed E-state index contributed by atoms with van der Waals surface area (Å²) in [4.78, 5) is 10.6. The van der Waals surface area contributed by atoms with Crippen LogP contribution in [-0.4, -0.2) is 10.1 Å². The molecule has 3 aromatic carbocycles. The Morgan fingerprint density at radius 2 is 1.27 bits per heavy atom. The summed E-state index contributed by atoms with van der Waals surface area (Å²) in [5.41, 5.74) is -1.33. The van der Waals surface area contributed by atoms with Crippen LogP contribution < -0.4 is 10.4 Å². The Labute approximate surface area is 146 Å². The molecule has 0 fully saturated rings. The second-order valence-electron chi connectivity index (χ2n) is 5.28. The van der Waals surface area contributed by atoms with Crippen molar-refractivity contribution < 1.29 is 4.92 Å². The quantitative estimate of drug-likeness (QED) is 0.392. The molecule has 0 radical (unpaired) electrons. The molecule has 0 aliphatic carbocycles. The molecule has 3 rings (SSSR count). The molecule has 0 aromatic heterocycles. The first-order valence-electron chi connectivity index (χ1n) is 7.28. The van der Waals surface area contributed by atoms with Crippen molar-refractivity contribution in [2.75, 3.05) is 0 Å². The summed E-state index contributed by atoms with van der Waals surface area (Å²) in [6, 6.07) is 15.8. The van der Waals surface area contributed by atoms with E-state index in [9.17, 15) is 31.1 Å². The molecule has 26 heavy (non-hydrogen) atoms. The van der Waals surface area contributed by atoms with Gasteiger partial charge in [0.15, 0.2) is 6.07 Å². The monoisotopic (exact) mass is 344 g/mol. The number of nitro groups is 1. The molecule has 0 N–H and O–H groups in total. The van der Waals surface area contributed by atoms with Gasteiger partial charge in [-0.1, -0.05) is 48.5 Å². The third kappa shape index (κ3) is 2.48. The number of hydrogen-bond donors (Lipinski definition) is 0. The Kier molecular flexibility index (Phi) is 4.21. The minimum absolute atomic E-state index is 0.0769. The standard InChI is InChI=1S/C18H8N4O4/c19-9-15(21(23)24)17-11-5-1-2-6-12(11)18(16(10-20)22(25)26)14-8-4-3-7-13(14)17/h1-8H/q-2. The maximum atomic E-state index is 11.4. The normalized spacial score (nSPS) is 10.2. The van der Waals surface area contributed by atoms with Crippen LogP contribution in [0.2, 0.25) is 0 Å². The fraction of sp³-hybridized carbons (Fsp3) is 0. The maximum Gasteiger partial charge on any atom is 0.353 e. The summed E-state index contributed by atoms with van der Waals surface area (Å²) in [6.45, 7) is 0. The van der Waals surface area contributed by atoms with E-state index in [0.29, 0.717) is 21.5 Å². The van der Waals surface area contributed by atoms with Crippen LogP contribution in [0, 0.1) is 43.2 Å². The smallest absolute Gasteiger partial charge is 0.353 e. The minimum Gasteiger partial charge on any atom is -0.769 e. The summed E-state index contributed by atoms with van der Waals surface area (Å²) in [7, 11) is 0. The predicted octanol–water partition coefficient (Wildman–Crippen LogP) is 1.83. The molecule has 0 saturated heterocycles. The lowest BCUT2D eigenvalue weighted by atomic mass is 9.96. The first kappa shape index (κ1) is 16.9. The molecule has 0 amide bonds. The molecular weight excluding hydrogens is 336 g/mol. The van der Waals surface area contributed by atoms with Crippen LogP contribution in [0.5, 0.6) is 0 Å². The van der Waals surface area contributed by atoms with Gasteiger partial charge in [0.1, 0.15) is 11.8 Å². The van der Waals surface area contributed by atoms with Gasteiger partial charge in [-0.3, -0.25) is 10.1 Å². The maximum absolute atomic E-state index is 11.4. The molecule has 0 heterocycles. The predicted molar refractivity (Wildman–Crippen MR) is 94.3 cm³/mol. The Morgan fingerprint density at radius 3 is 1.58 bits per heavy atom. The zero-order valence-corrected chi connectivity index (χ0v) is 13.0. The fourth-order valence-corrected chi connectivity index (χ4v) is 3.01. The summed E-state index contributed by atoms with van der Waals surface area (Å²) in [5, 5.41) is 53.3. The lowest BCUT2D eigenvalue weighted by Crippen LogP contribution is -2.23. The van der Waals surface area contributed by atoms with Crippen LogP contribution in [0.3, 0.4) is 0 Å². The van der Waals surface area contributed by atoms with Gasteiger partial charge in [0.25, 0.3) is 0 Å². The van der Waals surface area contributed by atoms with E-state index in [4.69, 9.17) is 0 Å². The van der Waals surface area contributed by atoms with Crippen molar-refractivity contribution in [1.82, 2.24) is 5.23 Å². The topological polar surface area (TPSA) is 140 Å². The first-order chi connectivity index (χ1) is 12.5. The lowest BCUT2D eigenvalue weighted by Gasteiger charge is -2.36. The van der Waals surface area contributed by atoms with Gasteiger partial charge in [-0.2, -0.15) is 10.5 Å². The highest BCUT2D eigenvalue weighted by Gasteiger charge is 2.17. The van der Waals surface area contributed by atoms with E-state index in [1.165, 1.54) is 24.3 Å². The summed E-state index contributed by atoms with van der Waals surface area (Å²) < 4.78 is 0. The van der Waals surface area contributed by atoms with E-state index in [-0.39, 0.29) is 10.4 Å². The largest absolute Gasteiger partial charge is 0.769 e. The fourth-order valence-electron chi connectivity index (χ4n) is 3.01.